The van der Waals surface area contributed by atoms with Crippen molar-refractivity contribution >= 4 is 39.9 Å². The van der Waals surface area contributed by atoms with E-state index in [4.69, 9.17) is 15.2 Å². The summed E-state index contributed by atoms with van der Waals surface area (Å²) in [5.41, 5.74) is 7.29. The Labute approximate surface area is 196 Å². The molecule has 2 aromatic heterocycles. The Morgan fingerprint density at radius 3 is 2.73 bits per heavy atom. The SMILES string of the molecule is NC(=O)c1ccsc1NC(=O)CSc1nnc(-c2ccc3c(c2)OCO3)n1-c1ccccc1. The van der Waals surface area contributed by atoms with Gasteiger partial charge in [0.1, 0.15) is 5.00 Å². The predicted molar refractivity (Wildman–Crippen MR) is 125 cm³/mol. The van der Waals surface area contributed by atoms with Gasteiger partial charge in [0.2, 0.25) is 12.7 Å². The van der Waals surface area contributed by atoms with Crippen LogP contribution in [0.5, 0.6) is 11.5 Å². The Balaban J connectivity index is 1.41. The van der Waals surface area contributed by atoms with E-state index >= 15 is 0 Å². The van der Waals surface area contributed by atoms with E-state index in [0.717, 1.165) is 11.3 Å². The van der Waals surface area contributed by atoms with Crippen molar-refractivity contribution < 1.29 is 19.1 Å². The number of hydrogen-bond acceptors (Lipinski definition) is 8. The molecule has 0 unspecified atom stereocenters. The average molecular weight is 480 g/mol. The van der Waals surface area contributed by atoms with Crippen molar-refractivity contribution in [3.63, 3.8) is 0 Å². The number of thioether (sulfide) groups is 1. The third kappa shape index (κ3) is 4.28. The first-order valence-corrected chi connectivity index (χ1v) is 11.7. The van der Waals surface area contributed by atoms with Crippen LogP contribution < -0.4 is 20.5 Å². The highest BCUT2D eigenvalue weighted by atomic mass is 32.2. The Bertz CT molecular complexity index is 1340. The zero-order valence-corrected chi connectivity index (χ0v) is 18.7. The summed E-state index contributed by atoms with van der Waals surface area (Å²) in [6, 6.07) is 16.8. The van der Waals surface area contributed by atoms with Gasteiger partial charge in [0, 0.05) is 11.3 Å². The third-order valence-corrected chi connectivity index (χ3v) is 6.55. The van der Waals surface area contributed by atoms with Crippen molar-refractivity contribution in [2.75, 3.05) is 17.9 Å². The second kappa shape index (κ2) is 8.96. The number of carbonyl (C=O) groups is 2. The summed E-state index contributed by atoms with van der Waals surface area (Å²) in [5.74, 6) is 1.14. The average Bonchev–Trinajstić information content (AvgIpc) is 3.57. The van der Waals surface area contributed by atoms with Gasteiger partial charge in [-0.3, -0.25) is 14.2 Å². The lowest BCUT2D eigenvalue weighted by Gasteiger charge is -2.11. The van der Waals surface area contributed by atoms with Crippen molar-refractivity contribution in [2.24, 2.45) is 5.73 Å². The molecule has 33 heavy (non-hydrogen) atoms. The van der Waals surface area contributed by atoms with Crippen LogP contribution in [0.25, 0.3) is 17.1 Å². The molecule has 11 heteroatoms. The standard InChI is InChI=1S/C22H17N5O4S2/c23-19(29)15-8-9-32-21(15)24-18(28)11-33-22-26-25-20(27(22)14-4-2-1-3-5-14)13-6-7-16-17(10-13)31-12-30-16/h1-10H,11-12H2,(H2,23,29)(H,24,28). The Morgan fingerprint density at radius 1 is 1.09 bits per heavy atom. The number of primary amides is 1. The van der Waals surface area contributed by atoms with E-state index in [-0.39, 0.29) is 24.0 Å². The fourth-order valence-corrected chi connectivity index (χ4v) is 4.85. The highest BCUT2D eigenvalue weighted by Crippen LogP contribution is 2.37. The number of nitrogens with two attached hydrogens (primary N) is 1. The van der Waals surface area contributed by atoms with Gasteiger partial charge in [0.25, 0.3) is 5.91 Å². The number of aromatic nitrogens is 3. The summed E-state index contributed by atoms with van der Waals surface area (Å²) in [6.07, 6.45) is 0. The van der Waals surface area contributed by atoms with E-state index in [1.54, 1.807) is 11.4 Å². The molecule has 4 aromatic rings. The number of amides is 2. The first-order valence-electron chi connectivity index (χ1n) is 9.81. The number of para-hydroxylation sites is 1. The number of hydrogen-bond donors (Lipinski definition) is 2. The maximum absolute atomic E-state index is 12.5. The molecule has 0 aliphatic carbocycles. The molecular formula is C22H17N5O4S2. The van der Waals surface area contributed by atoms with Crippen LogP contribution in [0.15, 0.2) is 65.1 Å². The molecule has 3 N–H and O–H groups in total. The van der Waals surface area contributed by atoms with Gasteiger partial charge in [-0.25, -0.2) is 0 Å². The van der Waals surface area contributed by atoms with Gasteiger partial charge in [-0.05, 0) is 41.8 Å². The Kier molecular flexibility index (Phi) is 5.71. The first kappa shape index (κ1) is 21.0. The fourth-order valence-electron chi connectivity index (χ4n) is 3.29. The maximum Gasteiger partial charge on any atom is 0.251 e. The minimum Gasteiger partial charge on any atom is -0.454 e. The predicted octanol–water partition coefficient (Wildman–Crippen LogP) is 3.55. The maximum atomic E-state index is 12.5. The minimum absolute atomic E-state index is 0.0716. The molecule has 3 heterocycles. The fraction of sp³-hybridized carbons (Fsp3) is 0.0909. The third-order valence-electron chi connectivity index (χ3n) is 4.79. The molecule has 1 aliphatic rings. The smallest absolute Gasteiger partial charge is 0.251 e. The molecule has 0 saturated carbocycles. The molecule has 0 atom stereocenters. The number of rotatable bonds is 7. The van der Waals surface area contributed by atoms with Crippen molar-refractivity contribution in [1.82, 2.24) is 14.8 Å². The van der Waals surface area contributed by atoms with Crippen molar-refractivity contribution in [3.8, 4) is 28.6 Å². The largest absolute Gasteiger partial charge is 0.454 e. The van der Waals surface area contributed by atoms with Crippen molar-refractivity contribution in [3.05, 3.63) is 65.5 Å². The van der Waals surface area contributed by atoms with E-state index in [0.29, 0.717) is 27.5 Å². The van der Waals surface area contributed by atoms with Crippen LogP contribution in [-0.2, 0) is 4.79 Å². The number of nitrogens with one attached hydrogen (secondary N) is 1. The van der Waals surface area contributed by atoms with E-state index in [1.807, 2.05) is 53.1 Å². The Morgan fingerprint density at radius 2 is 1.91 bits per heavy atom. The Hall–Kier alpha value is -3.83. The molecule has 0 saturated heterocycles. The lowest BCUT2D eigenvalue weighted by atomic mass is 10.2. The molecule has 0 radical (unpaired) electrons. The molecule has 2 aromatic carbocycles. The van der Waals surface area contributed by atoms with Crippen molar-refractivity contribution in [1.29, 1.82) is 0 Å². The normalized spacial score (nSPS) is 12.0. The monoisotopic (exact) mass is 479 g/mol. The highest BCUT2D eigenvalue weighted by Gasteiger charge is 2.21. The summed E-state index contributed by atoms with van der Waals surface area (Å²) in [7, 11) is 0. The van der Waals surface area contributed by atoms with Gasteiger partial charge in [0.05, 0.1) is 11.3 Å². The van der Waals surface area contributed by atoms with E-state index in [9.17, 15) is 9.59 Å². The van der Waals surface area contributed by atoms with Crippen LogP contribution >= 0.6 is 23.1 Å². The first-order chi connectivity index (χ1) is 16.1. The van der Waals surface area contributed by atoms with Gasteiger partial charge in [-0.2, -0.15) is 0 Å². The summed E-state index contributed by atoms with van der Waals surface area (Å²) in [6.45, 7) is 0.183. The minimum atomic E-state index is -0.587. The zero-order chi connectivity index (χ0) is 22.8. The van der Waals surface area contributed by atoms with E-state index in [2.05, 4.69) is 15.5 Å². The van der Waals surface area contributed by atoms with Gasteiger partial charge >= 0.3 is 0 Å². The lowest BCUT2D eigenvalue weighted by molar-refractivity contribution is -0.113. The van der Waals surface area contributed by atoms with Crippen LogP contribution in [0.4, 0.5) is 5.00 Å². The number of fused-ring (bicyclic) bond motifs is 1. The summed E-state index contributed by atoms with van der Waals surface area (Å²) in [5, 5.41) is 14.1. The van der Waals surface area contributed by atoms with Crippen LogP contribution in [0.1, 0.15) is 10.4 Å². The van der Waals surface area contributed by atoms with Gasteiger partial charge in [-0.1, -0.05) is 30.0 Å². The molecule has 9 nitrogen and oxygen atoms in total. The number of carbonyl (C=O) groups excluding carboxylic acids is 2. The van der Waals surface area contributed by atoms with Gasteiger partial charge < -0.3 is 20.5 Å². The molecule has 166 valence electrons. The molecule has 0 bridgehead atoms. The van der Waals surface area contributed by atoms with Crippen LogP contribution in [-0.4, -0.2) is 39.1 Å². The molecule has 1 aliphatic heterocycles. The molecule has 5 rings (SSSR count). The number of thiophene rings is 1. The van der Waals surface area contributed by atoms with Crippen LogP contribution in [0.2, 0.25) is 0 Å². The summed E-state index contributed by atoms with van der Waals surface area (Å²) < 4.78 is 12.8. The number of anilines is 1. The number of nitrogens with zero attached hydrogens (tertiary/aromatic N) is 3. The van der Waals surface area contributed by atoms with E-state index < -0.39 is 5.91 Å². The lowest BCUT2D eigenvalue weighted by Crippen LogP contribution is -2.18. The van der Waals surface area contributed by atoms with Gasteiger partial charge in [-0.15, -0.1) is 21.5 Å². The zero-order valence-electron chi connectivity index (χ0n) is 17.1. The summed E-state index contributed by atoms with van der Waals surface area (Å²) >= 11 is 2.48. The van der Waals surface area contributed by atoms with E-state index in [1.165, 1.54) is 23.1 Å². The topological polar surface area (TPSA) is 121 Å². The summed E-state index contributed by atoms with van der Waals surface area (Å²) in [4.78, 5) is 24.0. The number of ether oxygens (including phenoxy) is 2. The van der Waals surface area contributed by atoms with Crippen LogP contribution in [0.3, 0.4) is 0 Å². The van der Waals surface area contributed by atoms with Crippen molar-refractivity contribution in [2.45, 2.75) is 5.16 Å². The molecule has 0 spiro atoms. The number of benzene rings is 2. The molecule has 2 amide bonds. The molecule has 0 fully saturated rings. The van der Waals surface area contributed by atoms with Gasteiger partial charge in [0.15, 0.2) is 22.5 Å². The second-order valence-corrected chi connectivity index (χ2v) is 8.77. The van der Waals surface area contributed by atoms with Crippen LogP contribution in [0, 0.1) is 0 Å². The highest BCUT2D eigenvalue weighted by molar-refractivity contribution is 7.99. The second-order valence-electron chi connectivity index (χ2n) is 6.91. The quantitative estimate of drug-likeness (QED) is 0.389. The molecular weight excluding hydrogens is 462 g/mol.